The molecular formula is C22H20N2O5S. The second-order valence-electron chi connectivity index (χ2n) is 6.18. The molecule has 0 spiro atoms. The van der Waals surface area contributed by atoms with Crippen molar-refractivity contribution in [2.24, 2.45) is 4.99 Å². The molecule has 1 aliphatic rings. The molecule has 2 aromatic carbocycles. The molecule has 0 atom stereocenters. The molecule has 1 fully saturated rings. The molecule has 0 aliphatic carbocycles. The summed E-state index contributed by atoms with van der Waals surface area (Å²) in [6, 6.07) is 11.6. The van der Waals surface area contributed by atoms with E-state index < -0.39 is 5.97 Å². The first-order chi connectivity index (χ1) is 14.5. The largest absolute Gasteiger partial charge is 0.493 e. The molecule has 7 nitrogen and oxygen atoms in total. The van der Waals surface area contributed by atoms with Crippen molar-refractivity contribution in [3.63, 3.8) is 0 Å². The summed E-state index contributed by atoms with van der Waals surface area (Å²) in [7, 11) is 3.10. The maximum absolute atomic E-state index is 12.9. The smallest absolute Gasteiger partial charge is 0.335 e. The standard InChI is InChI=1S/C22H20N2O5S/c1-4-10-24-20(25)19(12-14-8-9-17(28-2)18(11-14)29-3)30-22(24)23-16-7-5-6-15(13-16)21(26)27/h4-9,11-13H,1,10H2,2-3H3,(H,26,27)/b19-12-,23-22?. The van der Waals surface area contributed by atoms with Crippen LogP contribution in [0.3, 0.4) is 0 Å². The summed E-state index contributed by atoms with van der Waals surface area (Å²) in [5, 5.41) is 9.63. The Kier molecular flexibility index (Phi) is 6.58. The van der Waals surface area contributed by atoms with E-state index in [4.69, 9.17) is 9.47 Å². The minimum absolute atomic E-state index is 0.127. The van der Waals surface area contributed by atoms with Gasteiger partial charge in [0.2, 0.25) is 0 Å². The molecule has 154 valence electrons. The maximum atomic E-state index is 12.9. The highest BCUT2D eigenvalue weighted by molar-refractivity contribution is 8.18. The van der Waals surface area contributed by atoms with E-state index in [0.29, 0.717) is 27.3 Å². The molecule has 0 unspecified atom stereocenters. The van der Waals surface area contributed by atoms with Crippen molar-refractivity contribution in [2.45, 2.75) is 0 Å². The minimum atomic E-state index is -1.04. The molecule has 1 heterocycles. The number of carboxylic acid groups (broad SMARTS) is 1. The summed E-state index contributed by atoms with van der Waals surface area (Å²) >= 11 is 1.21. The fourth-order valence-corrected chi connectivity index (χ4v) is 3.80. The molecule has 1 N–H and O–H groups in total. The SMILES string of the molecule is C=CCN1C(=O)/C(=C/c2ccc(OC)c(OC)c2)SC1=Nc1cccc(C(=O)O)c1. The first-order valence-corrected chi connectivity index (χ1v) is 9.75. The zero-order valence-corrected chi connectivity index (χ0v) is 17.3. The Hall–Kier alpha value is -3.52. The number of methoxy groups -OCH3 is 2. The number of aliphatic imine (C=N–C) groups is 1. The van der Waals surface area contributed by atoms with Crippen LogP contribution in [0.25, 0.3) is 6.08 Å². The number of thioether (sulfide) groups is 1. The quantitative estimate of drug-likeness (QED) is 0.530. The molecule has 0 aromatic heterocycles. The van der Waals surface area contributed by atoms with Crippen LogP contribution in [0.15, 0.2) is 65.0 Å². The van der Waals surface area contributed by atoms with Crippen LogP contribution >= 0.6 is 11.8 Å². The number of amides is 1. The van der Waals surface area contributed by atoms with Crippen LogP contribution in [0.1, 0.15) is 15.9 Å². The Morgan fingerprint density at radius 2 is 1.97 bits per heavy atom. The van der Waals surface area contributed by atoms with Crippen molar-refractivity contribution in [1.29, 1.82) is 0 Å². The second kappa shape index (κ2) is 9.32. The normalized spacial score (nSPS) is 16.2. The summed E-state index contributed by atoms with van der Waals surface area (Å²) < 4.78 is 10.6. The highest BCUT2D eigenvalue weighted by atomic mass is 32.2. The summed E-state index contributed by atoms with van der Waals surface area (Å²) in [5.74, 6) is -0.0875. The van der Waals surface area contributed by atoms with Gasteiger partial charge in [0.25, 0.3) is 5.91 Å². The monoisotopic (exact) mass is 424 g/mol. The minimum Gasteiger partial charge on any atom is -0.493 e. The average Bonchev–Trinajstić information content (AvgIpc) is 3.03. The van der Waals surface area contributed by atoms with E-state index in [0.717, 1.165) is 5.56 Å². The van der Waals surface area contributed by atoms with Gasteiger partial charge >= 0.3 is 5.97 Å². The number of rotatable bonds is 7. The third kappa shape index (κ3) is 4.55. The van der Waals surface area contributed by atoms with Crippen molar-refractivity contribution in [3.05, 3.63) is 71.2 Å². The molecule has 1 amide bonds. The van der Waals surface area contributed by atoms with E-state index in [9.17, 15) is 14.7 Å². The lowest BCUT2D eigenvalue weighted by Crippen LogP contribution is -2.29. The lowest BCUT2D eigenvalue weighted by Gasteiger charge is -2.12. The van der Waals surface area contributed by atoms with Crippen molar-refractivity contribution in [2.75, 3.05) is 20.8 Å². The van der Waals surface area contributed by atoms with E-state index in [2.05, 4.69) is 11.6 Å². The van der Waals surface area contributed by atoms with E-state index in [1.807, 2.05) is 6.07 Å². The number of benzene rings is 2. The Bertz CT molecular complexity index is 1060. The van der Waals surface area contributed by atoms with Gasteiger partial charge in [0.1, 0.15) is 0 Å². The first kappa shape index (κ1) is 21.2. The fraction of sp³-hybridized carbons (Fsp3) is 0.136. The van der Waals surface area contributed by atoms with Crippen molar-refractivity contribution in [3.8, 4) is 11.5 Å². The van der Waals surface area contributed by atoms with Gasteiger partial charge in [0.05, 0.1) is 30.4 Å². The van der Waals surface area contributed by atoms with Gasteiger partial charge in [-0.15, -0.1) is 6.58 Å². The Labute approximate surface area is 178 Å². The molecule has 0 bridgehead atoms. The number of amidine groups is 1. The molecule has 0 saturated carbocycles. The van der Waals surface area contributed by atoms with Gasteiger partial charge in [-0.3, -0.25) is 9.69 Å². The van der Waals surface area contributed by atoms with Gasteiger partial charge in [-0.2, -0.15) is 0 Å². The van der Waals surface area contributed by atoms with Gasteiger partial charge in [-0.25, -0.2) is 9.79 Å². The molecule has 3 rings (SSSR count). The number of carboxylic acids is 1. The Morgan fingerprint density at radius 3 is 2.63 bits per heavy atom. The number of carbonyl (C=O) groups is 2. The Balaban J connectivity index is 1.96. The molecule has 2 aromatic rings. The van der Waals surface area contributed by atoms with Gasteiger partial charge in [-0.05, 0) is 53.7 Å². The van der Waals surface area contributed by atoms with Crippen molar-refractivity contribution < 1.29 is 24.2 Å². The van der Waals surface area contributed by atoms with E-state index in [-0.39, 0.29) is 18.0 Å². The summed E-state index contributed by atoms with van der Waals surface area (Å²) in [4.78, 5) is 30.6. The molecule has 1 saturated heterocycles. The number of hydrogen-bond donors (Lipinski definition) is 1. The maximum Gasteiger partial charge on any atom is 0.335 e. The Morgan fingerprint density at radius 1 is 1.20 bits per heavy atom. The number of hydrogen-bond acceptors (Lipinski definition) is 6. The van der Waals surface area contributed by atoms with Crippen LogP contribution in [0.4, 0.5) is 5.69 Å². The highest BCUT2D eigenvalue weighted by Gasteiger charge is 2.32. The van der Waals surface area contributed by atoms with Crippen molar-refractivity contribution >= 4 is 40.6 Å². The lowest BCUT2D eigenvalue weighted by atomic mass is 10.2. The molecule has 8 heteroatoms. The lowest BCUT2D eigenvalue weighted by molar-refractivity contribution is -0.121. The highest BCUT2D eigenvalue weighted by Crippen LogP contribution is 2.35. The zero-order valence-electron chi connectivity index (χ0n) is 16.5. The summed E-state index contributed by atoms with van der Waals surface area (Å²) in [6.07, 6.45) is 3.36. The number of carbonyl (C=O) groups excluding carboxylic acids is 1. The summed E-state index contributed by atoms with van der Waals surface area (Å²) in [5.41, 5.74) is 1.35. The fourth-order valence-electron chi connectivity index (χ4n) is 2.79. The third-order valence-corrected chi connectivity index (χ3v) is 5.23. The second-order valence-corrected chi connectivity index (χ2v) is 7.19. The molecule has 0 radical (unpaired) electrons. The van der Waals surface area contributed by atoms with Crippen LogP contribution in [-0.4, -0.2) is 47.8 Å². The zero-order chi connectivity index (χ0) is 21.7. The van der Waals surface area contributed by atoms with E-state index >= 15 is 0 Å². The predicted octanol–water partition coefficient (Wildman–Crippen LogP) is 4.19. The first-order valence-electron chi connectivity index (χ1n) is 8.93. The number of nitrogens with zero attached hydrogens (tertiary/aromatic N) is 2. The van der Waals surface area contributed by atoms with Crippen LogP contribution in [0.2, 0.25) is 0 Å². The predicted molar refractivity (Wildman–Crippen MR) is 118 cm³/mol. The molecular weight excluding hydrogens is 404 g/mol. The van der Waals surface area contributed by atoms with Gasteiger partial charge in [-0.1, -0.05) is 18.2 Å². The topological polar surface area (TPSA) is 88.4 Å². The van der Waals surface area contributed by atoms with E-state index in [1.54, 1.807) is 50.6 Å². The average molecular weight is 424 g/mol. The number of aromatic carboxylic acids is 1. The van der Waals surface area contributed by atoms with Crippen LogP contribution < -0.4 is 9.47 Å². The molecule has 30 heavy (non-hydrogen) atoms. The summed E-state index contributed by atoms with van der Waals surface area (Å²) in [6.45, 7) is 3.99. The van der Waals surface area contributed by atoms with Gasteiger partial charge in [0, 0.05) is 6.54 Å². The van der Waals surface area contributed by atoms with Crippen LogP contribution in [0, 0.1) is 0 Å². The van der Waals surface area contributed by atoms with Crippen LogP contribution in [0.5, 0.6) is 11.5 Å². The van der Waals surface area contributed by atoms with Crippen LogP contribution in [-0.2, 0) is 4.79 Å². The van der Waals surface area contributed by atoms with Gasteiger partial charge < -0.3 is 14.6 Å². The van der Waals surface area contributed by atoms with E-state index in [1.165, 1.54) is 28.8 Å². The molecule has 1 aliphatic heterocycles. The van der Waals surface area contributed by atoms with Crippen molar-refractivity contribution in [1.82, 2.24) is 4.90 Å². The number of ether oxygens (including phenoxy) is 2. The van der Waals surface area contributed by atoms with Gasteiger partial charge in [0.15, 0.2) is 16.7 Å². The third-order valence-electron chi connectivity index (χ3n) is 4.22.